The summed E-state index contributed by atoms with van der Waals surface area (Å²) in [4.78, 5) is 0.342. The molecule has 0 aliphatic heterocycles. The molecule has 1 aliphatic carbocycles. The maximum absolute atomic E-state index is 12.5. The quantitative estimate of drug-likeness (QED) is 0.881. The first-order chi connectivity index (χ1) is 8.55. The number of hydrogen-bond acceptors (Lipinski definition) is 3. The van der Waals surface area contributed by atoms with Gasteiger partial charge in [0.1, 0.15) is 0 Å². The van der Waals surface area contributed by atoms with Crippen LogP contribution >= 0.6 is 0 Å². The third-order valence-electron chi connectivity index (χ3n) is 3.62. The van der Waals surface area contributed by atoms with Gasteiger partial charge in [0.2, 0.25) is 10.0 Å². The predicted molar refractivity (Wildman–Crippen MR) is 71.5 cm³/mol. The number of nitrogens with zero attached hydrogens (tertiary/aromatic N) is 1. The van der Waals surface area contributed by atoms with Crippen molar-refractivity contribution in [3.05, 3.63) is 29.8 Å². The lowest BCUT2D eigenvalue weighted by atomic mass is 9.86. The Labute approximate surface area is 109 Å². The van der Waals surface area contributed by atoms with E-state index in [0.717, 1.165) is 12.8 Å². The highest BCUT2D eigenvalue weighted by molar-refractivity contribution is 7.89. The lowest BCUT2D eigenvalue weighted by Crippen LogP contribution is -2.34. The van der Waals surface area contributed by atoms with E-state index in [2.05, 4.69) is 0 Å². The molecular weight excluding hydrogens is 248 g/mol. The average Bonchev–Trinajstić information content (AvgIpc) is 2.33. The van der Waals surface area contributed by atoms with Gasteiger partial charge in [0.05, 0.1) is 4.90 Å². The standard InChI is InChI=1S/C13H20N2O2S/c1-15(10-11-5-4-6-11)18(16,17)13-8-3-2-7-12(13)9-14/h2-3,7-8,11H,4-6,9-10,14H2,1H3. The van der Waals surface area contributed by atoms with Gasteiger partial charge >= 0.3 is 0 Å². The summed E-state index contributed by atoms with van der Waals surface area (Å²) in [6.07, 6.45) is 3.49. The Balaban J connectivity index is 2.23. The molecule has 1 aromatic rings. The van der Waals surface area contributed by atoms with Crippen LogP contribution in [0.4, 0.5) is 0 Å². The highest BCUT2D eigenvalue weighted by Gasteiger charge is 2.27. The first-order valence-electron chi connectivity index (χ1n) is 6.30. The summed E-state index contributed by atoms with van der Waals surface area (Å²) < 4.78 is 26.4. The fraction of sp³-hybridized carbons (Fsp3) is 0.538. The third kappa shape index (κ3) is 2.58. The van der Waals surface area contributed by atoms with Gasteiger partial charge in [-0.25, -0.2) is 12.7 Å². The minimum atomic E-state index is -3.40. The molecule has 0 spiro atoms. The zero-order valence-electron chi connectivity index (χ0n) is 10.7. The van der Waals surface area contributed by atoms with E-state index in [-0.39, 0.29) is 6.54 Å². The second-order valence-electron chi connectivity index (χ2n) is 4.89. The van der Waals surface area contributed by atoms with Gasteiger partial charge in [-0.05, 0) is 30.4 Å². The van der Waals surface area contributed by atoms with Crippen molar-refractivity contribution in [2.24, 2.45) is 11.7 Å². The van der Waals surface area contributed by atoms with Crippen LogP contribution in [0.25, 0.3) is 0 Å². The normalized spacial score (nSPS) is 16.8. The van der Waals surface area contributed by atoms with Gasteiger partial charge in [-0.15, -0.1) is 0 Å². The summed E-state index contributed by atoms with van der Waals surface area (Å²) >= 11 is 0. The van der Waals surface area contributed by atoms with Gasteiger partial charge in [-0.2, -0.15) is 0 Å². The van der Waals surface area contributed by atoms with E-state index in [4.69, 9.17) is 5.73 Å². The molecule has 0 saturated heterocycles. The van der Waals surface area contributed by atoms with Crippen LogP contribution in [0.15, 0.2) is 29.2 Å². The SMILES string of the molecule is CN(CC1CCC1)S(=O)(=O)c1ccccc1CN. The molecule has 100 valence electrons. The van der Waals surface area contributed by atoms with Crippen LogP contribution in [0.5, 0.6) is 0 Å². The van der Waals surface area contributed by atoms with Crippen LogP contribution < -0.4 is 5.73 Å². The van der Waals surface area contributed by atoms with Crippen LogP contribution in [0.2, 0.25) is 0 Å². The molecule has 5 heteroatoms. The van der Waals surface area contributed by atoms with E-state index >= 15 is 0 Å². The Morgan fingerprint density at radius 3 is 2.56 bits per heavy atom. The number of nitrogens with two attached hydrogens (primary N) is 1. The van der Waals surface area contributed by atoms with Gasteiger partial charge in [0.15, 0.2) is 0 Å². The minimum Gasteiger partial charge on any atom is -0.326 e. The minimum absolute atomic E-state index is 0.243. The van der Waals surface area contributed by atoms with E-state index in [1.54, 1.807) is 25.2 Å². The Morgan fingerprint density at radius 1 is 1.33 bits per heavy atom. The van der Waals surface area contributed by atoms with E-state index in [1.165, 1.54) is 10.7 Å². The van der Waals surface area contributed by atoms with E-state index in [0.29, 0.717) is 22.9 Å². The molecule has 2 N–H and O–H groups in total. The molecule has 18 heavy (non-hydrogen) atoms. The molecule has 0 aromatic heterocycles. The van der Waals surface area contributed by atoms with Crippen LogP contribution in [0.3, 0.4) is 0 Å². The van der Waals surface area contributed by atoms with Crippen molar-refractivity contribution in [1.82, 2.24) is 4.31 Å². The molecule has 1 aromatic carbocycles. The number of hydrogen-bond donors (Lipinski definition) is 1. The van der Waals surface area contributed by atoms with E-state index in [1.807, 2.05) is 6.07 Å². The molecule has 2 rings (SSSR count). The molecule has 4 nitrogen and oxygen atoms in total. The molecule has 1 fully saturated rings. The Kier molecular flexibility index (Phi) is 4.04. The first kappa shape index (κ1) is 13.5. The van der Waals surface area contributed by atoms with Crippen molar-refractivity contribution in [1.29, 1.82) is 0 Å². The predicted octanol–water partition coefficient (Wildman–Crippen LogP) is 1.57. The van der Waals surface area contributed by atoms with E-state index in [9.17, 15) is 8.42 Å². The summed E-state index contributed by atoms with van der Waals surface area (Å²) in [5.74, 6) is 0.523. The fourth-order valence-electron chi connectivity index (χ4n) is 2.23. The smallest absolute Gasteiger partial charge is 0.243 e. The fourth-order valence-corrected chi connectivity index (χ4v) is 3.71. The van der Waals surface area contributed by atoms with Gasteiger partial charge < -0.3 is 5.73 Å². The largest absolute Gasteiger partial charge is 0.326 e. The van der Waals surface area contributed by atoms with Gasteiger partial charge in [0, 0.05) is 20.1 Å². The summed E-state index contributed by atoms with van der Waals surface area (Å²) in [7, 11) is -1.75. The molecule has 0 bridgehead atoms. The summed E-state index contributed by atoms with van der Waals surface area (Å²) in [5.41, 5.74) is 6.28. The maximum Gasteiger partial charge on any atom is 0.243 e. The number of sulfonamides is 1. The highest BCUT2D eigenvalue weighted by atomic mass is 32.2. The second-order valence-corrected chi connectivity index (χ2v) is 6.91. The zero-order chi connectivity index (χ0) is 13.2. The zero-order valence-corrected chi connectivity index (χ0v) is 11.5. The molecule has 0 radical (unpaired) electrons. The van der Waals surface area contributed by atoms with Crippen LogP contribution in [-0.2, 0) is 16.6 Å². The van der Waals surface area contributed by atoms with Crippen molar-refractivity contribution in [3.63, 3.8) is 0 Å². The van der Waals surface area contributed by atoms with Crippen LogP contribution in [0, 0.1) is 5.92 Å². The second kappa shape index (κ2) is 5.38. The Bertz CT molecular complexity index is 509. The highest BCUT2D eigenvalue weighted by Crippen LogP contribution is 2.29. The summed E-state index contributed by atoms with van der Waals surface area (Å²) in [5, 5.41) is 0. The van der Waals surface area contributed by atoms with Crippen LogP contribution in [-0.4, -0.2) is 26.3 Å². The molecule has 0 unspecified atom stereocenters. The lowest BCUT2D eigenvalue weighted by Gasteiger charge is -2.30. The Hall–Kier alpha value is -0.910. The van der Waals surface area contributed by atoms with Gasteiger partial charge in [-0.3, -0.25) is 0 Å². The third-order valence-corrected chi connectivity index (χ3v) is 5.54. The molecule has 1 saturated carbocycles. The first-order valence-corrected chi connectivity index (χ1v) is 7.74. The average molecular weight is 268 g/mol. The number of benzene rings is 1. The van der Waals surface area contributed by atoms with Gasteiger partial charge in [0.25, 0.3) is 0 Å². The molecule has 0 heterocycles. The molecular formula is C13H20N2O2S. The van der Waals surface area contributed by atoms with Crippen molar-refractivity contribution < 1.29 is 8.42 Å². The van der Waals surface area contributed by atoms with E-state index < -0.39 is 10.0 Å². The molecule has 1 aliphatic rings. The Morgan fingerprint density at radius 2 is 2.00 bits per heavy atom. The molecule has 0 atom stereocenters. The van der Waals surface area contributed by atoms with Gasteiger partial charge in [-0.1, -0.05) is 24.6 Å². The monoisotopic (exact) mass is 268 g/mol. The summed E-state index contributed by atoms with van der Waals surface area (Å²) in [6, 6.07) is 6.95. The van der Waals surface area contributed by atoms with Crippen molar-refractivity contribution in [3.8, 4) is 0 Å². The van der Waals surface area contributed by atoms with Crippen molar-refractivity contribution >= 4 is 10.0 Å². The lowest BCUT2D eigenvalue weighted by molar-refractivity contribution is 0.263. The summed E-state index contributed by atoms with van der Waals surface area (Å²) in [6.45, 7) is 0.855. The van der Waals surface area contributed by atoms with Crippen molar-refractivity contribution in [2.45, 2.75) is 30.7 Å². The number of rotatable bonds is 5. The van der Waals surface area contributed by atoms with Crippen molar-refractivity contribution in [2.75, 3.05) is 13.6 Å². The topological polar surface area (TPSA) is 63.4 Å². The molecule has 0 amide bonds. The maximum atomic E-state index is 12.5. The van der Waals surface area contributed by atoms with Crippen LogP contribution in [0.1, 0.15) is 24.8 Å².